The Morgan fingerprint density at radius 3 is 2.30 bits per heavy atom. The highest BCUT2D eigenvalue weighted by atomic mass is 79.9. The van der Waals surface area contributed by atoms with Gasteiger partial charge in [0.1, 0.15) is 0 Å². The second kappa shape index (κ2) is 6.20. The molecule has 0 radical (unpaired) electrons. The van der Waals surface area contributed by atoms with Crippen molar-refractivity contribution >= 4 is 43.4 Å². The highest BCUT2D eigenvalue weighted by molar-refractivity contribution is 9.10. The second-order valence-corrected chi connectivity index (χ2v) is 7.66. The summed E-state index contributed by atoms with van der Waals surface area (Å²) in [5, 5.41) is 0. The molecule has 2 rings (SSSR count). The lowest BCUT2D eigenvalue weighted by Gasteiger charge is -2.09. The van der Waals surface area contributed by atoms with Gasteiger partial charge in [-0.1, -0.05) is 15.9 Å². The van der Waals surface area contributed by atoms with Gasteiger partial charge in [-0.2, -0.15) is 0 Å². The summed E-state index contributed by atoms with van der Waals surface area (Å²) in [6.07, 6.45) is 1.95. The summed E-state index contributed by atoms with van der Waals surface area (Å²) in [5.74, 6) is 0. The molecule has 0 heterocycles. The average Bonchev–Trinajstić information content (AvgIpc) is 2.43. The number of rotatable bonds is 4. The Bertz CT molecular complexity index is 712. The van der Waals surface area contributed by atoms with Crippen LogP contribution in [0.4, 0.5) is 5.69 Å². The molecule has 0 aliphatic carbocycles. The van der Waals surface area contributed by atoms with Crippen molar-refractivity contribution < 1.29 is 8.42 Å². The Balaban J connectivity index is 2.27. The first-order valence-electron chi connectivity index (χ1n) is 5.85. The maximum absolute atomic E-state index is 12.3. The van der Waals surface area contributed by atoms with Crippen LogP contribution < -0.4 is 4.72 Å². The van der Waals surface area contributed by atoms with E-state index < -0.39 is 10.0 Å². The van der Waals surface area contributed by atoms with E-state index in [0.29, 0.717) is 5.69 Å². The number of anilines is 1. The third-order valence-corrected chi connectivity index (χ3v) is 5.81. The fourth-order valence-electron chi connectivity index (χ4n) is 1.68. The van der Waals surface area contributed by atoms with Crippen LogP contribution in [0.2, 0.25) is 0 Å². The Morgan fingerprint density at radius 2 is 1.75 bits per heavy atom. The fourth-order valence-corrected chi connectivity index (χ4v) is 3.38. The summed E-state index contributed by atoms with van der Waals surface area (Å²) in [6, 6.07) is 12.2. The zero-order chi connectivity index (χ0) is 14.8. The van der Waals surface area contributed by atoms with Crippen LogP contribution in [0.3, 0.4) is 0 Å². The number of halogens is 1. The summed E-state index contributed by atoms with van der Waals surface area (Å²) in [6.45, 7) is 1.91. The summed E-state index contributed by atoms with van der Waals surface area (Å²) in [5.41, 5.74) is 1.53. The first kappa shape index (κ1) is 15.4. The number of benzene rings is 2. The largest absolute Gasteiger partial charge is 0.280 e. The smallest absolute Gasteiger partial charge is 0.261 e. The van der Waals surface area contributed by atoms with Crippen LogP contribution >= 0.6 is 27.7 Å². The summed E-state index contributed by atoms with van der Waals surface area (Å²) < 4.78 is 28.1. The number of hydrogen-bond donors (Lipinski definition) is 1. The van der Waals surface area contributed by atoms with E-state index in [0.717, 1.165) is 14.9 Å². The number of aryl methyl sites for hydroxylation is 1. The molecule has 1 N–H and O–H groups in total. The highest BCUT2D eigenvalue weighted by Crippen LogP contribution is 2.23. The van der Waals surface area contributed by atoms with Gasteiger partial charge >= 0.3 is 0 Å². The molecule has 0 atom stereocenters. The van der Waals surface area contributed by atoms with Crippen molar-refractivity contribution in [3.8, 4) is 0 Å². The Hall–Kier alpha value is -0.980. The fraction of sp³-hybridized carbons (Fsp3) is 0.143. The van der Waals surface area contributed by atoms with E-state index >= 15 is 0 Å². The Labute approximate surface area is 132 Å². The first-order valence-corrected chi connectivity index (χ1v) is 9.35. The van der Waals surface area contributed by atoms with Gasteiger partial charge in [0, 0.05) is 15.1 Å². The zero-order valence-corrected chi connectivity index (χ0v) is 14.3. The standard InChI is InChI=1S/C14H14BrNO2S2/c1-10-9-11(3-8-14(10)15)16-20(17,18)13-6-4-12(19-2)5-7-13/h3-9,16H,1-2H3. The van der Waals surface area contributed by atoms with Gasteiger partial charge in [0.15, 0.2) is 0 Å². The number of sulfonamides is 1. The molecule has 0 spiro atoms. The van der Waals surface area contributed by atoms with E-state index in [2.05, 4.69) is 20.7 Å². The molecule has 0 aliphatic heterocycles. The van der Waals surface area contributed by atoms with Crippen LogP contribution in [0.1, 0.15) is 5.56 Å². The van der Waals surface area contributed by atoms with Gasteiger partial charge < -0.3 is 0 Å². The van der Waals surface area contributed by atoms with Crippen LogP contribution in [0.25, 0.3) is 0 Å². The van der Waals surface area contributed by atoms with Crippen molar-refractivity contribution in [2.24, 2.45) is 0 Å². The van der Waals surface area contributed by atoms with Crippen molar-refractivity contribution in [1.29, 1.82) is 0 Å². The lowest BCUT2D eigenvalue weighted by Crippen LogP contribution is -2.12. The minimum absolute atomic E-state index is 0.260. The van der Waals surface area contributed by atoms with Crippen LogP contribution in [0.5, 0.6) is 0 Å². The number of hydrogen-bond acceptors (Lipinski definition) is 3. The molecule has 0 saturated heterocycles. The van der Waals surface area contributed by atoms with Crippen LogP contribution in [-0.4, -0.2) is 14.7 Å². The average molecular weight is 372 g/mol. The van der Waals surface area contributed by atoms with E-state index in [4.69, 9.17) is 0 Å². The minimum Gasteiger partial charge on any atom is -0.280 e. The molecule has 6 heteroatoms. The van der Waals surface area contributed by atoms with Crippen LogP contribution in [0, 0.1) is 6.92 Å². The van der Waals surface area contributed by atoms with Crippen LogP contribution in [0.15, 0.2) is 56.7 Å². The molecular weight excluding hydrogens is 358 g/mol. The summed E-state index contributed by atoms with van der Waals surface area (Å²) in [7, 11) is -3.54. The van der Waals surface area contributed by atoms with Gasteiger partial charge in [-0.25, -0.2) is 8.42 Å². The molecule has 2 aromatic rings. The topological polar surface area (TPSA) is 46.2 Å². The number of thioether (sulfide) groups is 1. The molecule has 0 aliphatic rings. The van der Waals surface area contributed by atoms with Crippen molar-refractivity contribution in [2.45, 2.75) is 16.7 Å². The molecule has 0 amide bonds. The molecule has 3 nitrogen and oxygen atoms in total. The first-order chi connectivity index (χ1) is 9.42. The third-order valence-electron chi connectivity index (χ3n) is 2.78. The lowest BCUT2D eigenvalue weighted by molar-refractivity contribution is 0.601. The lowest BCUT2D eigenvalue weighted by atomic mass is 10.2. The van der Waals surface area contributed by atoms with Crippen molar-refractivity contribution in [3.05, 3.63) is 52.5 Å². The monoisotopic (exact) mass is 371 g/mol. The molecule has 0 bridgehead atoms. The van der Waals surface area contributed by atoms with E-state index in [-0.39, 0.29) is 4.90 Å². The Morgan fingerprint density at radius 1 is 1.10 bits per heavy atom. The van der Waals surface area contributed by atoms with E-state index in [1.807, 2.05) is 19.2 Å². The quantitative estimate of drug-likeness (QED) is 0.815. The highest BCUT2D eigenvalue weighted by Gasteiger charge is 2.14. The molecule has 106 valence electrons. The van der Waals surface area contributed by atoms with E-state index in [9.17, 15) is 8.42 Å². The minimum atomic E-state index is -3.54. The van der Waals surface area contributed by atoms with Gasteiger partial charge in [-0.05, 0) is 61.2 Å². The second-order valence-electron chi connectivity index (χ2n) is 4.24. The molecule has 0 saturated carbocycles. The maximum Gasteiger partial charge on any atom is 0.261 e. The molecular formula is C14H14BrNO2S2. The number of nitrogens with one attached hydrogen (secondary N) is 1. The van der Waals surface area contributed by atoms with Crippen molar-refractivity contribution in [1.82, 2.24) is 0 Å². The summed E-state index contributed by atoms with van der Waals surface area (Å²) in [4.78, 5) is 1.29. The molecule has 0 aromatic heterocycles. The van der Waals surface area contributed by atoms with E-state index in [1.165, 1.54) is 0 Å². The maximum atomic E-state index is 12.3. The van der Waals surface area contributed by atoms with Gasteiger partial charge in [0.05, 0.1) is 4.90 Å². The van der Waals surface area contributed by atoms with Gasteiger partial charge in [-0.15, -0.1) is 11.8 Å². The zero-order valence-electron chi connectivity index (χ0n) is 11.1. The predicted molar refractivity (Wildman–Crippen MR) is 87.9 cm³/mol. The van der Waals surface area contributed by atoms with Crippen LogP contribution in [-0.2, 0) is 10.0 Å². The van der Waals surface area contributed by atoms with Gasteiger partial charge in [0.25, 0.3) is 10.0 Å². The molecule has 0 unspecified atom stereocenters. The predicted octanol–water partition coefficient (Wildman–Crippen LogP) is 4.28. The molecule has 2 aromatic carbocycles. The third kappa shape index (κ3) is 3.56. The van der Waals surface area contributed by atoms with Gasteiger partial charge in [-0.3, -0.25) is 4.72 Å². The molecule has 0 fully saturated rings. The van der Waals surface area contributed by atoms with Crippen molar-refractivity contribution in [3.63, 3.8) is 0 Å². The van der Waals surface area contributed by atoms with Gasteiger partial charge in [0.2, 0.25) is 0 Å². The van der Waals surface area contributed by atoms with E-state index in [1.54, 1.807) is 48.2 Å². The van der Waals surface area contributed by atoms with Crippen molar-refractivity contribution in [2.75, 3.05) is 11.0 Å². The molecule has 20 heavy (non-hydrogen) atoms. The normalized spacial score (nSPS) is 11.3. The Kier molecular flexibility index (Phi) is 4.78. The summed E-state index contributed by atoms with van der Waals surface area (Å²) >= 11 is 4.97. The SMILES string of the molecule is CSc1ccc(S(=O)(=O)Nc2ccc(Br)c(C)c2)cc1.